The smallest absolute Gasteiger partial charge is 0.306 e. The Balaban J connectivity index is 1.11. The van der Waals surface area contributed by atoms with Crippen molar-refractivity contribution in [2.24, 2.45) is 0 Å². The number of methoxy groups -OCH3 is 12. The van der Waals surface area contributed by atoms with Gasteiger partial charge in [0.05, 0.1) is 150 Å². The highest BCUT2D eigenvalue weighted by Crippen LogP contribution is 2.53. The molecule has 4 unspecified atom stereocenters. The second-order valence-electron chi connectivity index (χ2n) is 19.0. The first-order valence-electron chi connectivity index (χ1n) is 24.8. The lowest BCUT2D eigenvalue weighted by molar-refractivity contribution is -0.941. The van der Waals surface area contributed by atoms with Crippen LogP contribution in [0, 0.1) is 0 Å². The van der Waals surface area contributed by atoms with Gasteiger partial charge in [-0.2, -0.15) is 0 Å². The molecule has 2 aliphatic rings. The monoisotopic (exact) mass is 1020 g/mol. The second-order valence-corrected chi connectivity index (χ2v) is 19.0. The van der Waals surface area contributed by atoms with Gasteiger partial charge in [0.1, 0.15) is 17.9 Å². The van der Waals surface area contributed by atoms with Crippen molar-refractivity contribution in [1.29, 1.82) is 0 Å². The zero-order chi connectivity index (χ0) is 53.0. The van der Waals surface area contributed by atoms with Crippen LogP contribution in [0.2, 0.25) is 0 Å². The van der Waals surface area contributed by atoms with Gasteiger partial charge >= 0.3 is 5.97 Å². The fourth-order valence-electron chi connectivity index (χ4n) is 11.1. The van der Waals surface area contributed by atoms with Gasteiger partial charge < -0.3 is 70.5 Å². The van der Waals surface area contributed by atoms with E-state index < -0.39 is 0 Å². The Labute approximate surface area is 431 Å². The third kappa shape index (κ3) is 11.8. The number of rotatable bonds is 27. The molecule has 0 saturated heterocycles. The van der Waals surface area contributed by atoms with Gasteiger partial charge in [-0.05, 0) is 58.7 Å². The number of carbonyl (C=O) groups excluding carboxylic acids is 2. The van der Waals surface area contributed by atoms with Gasteiger partial charge in [-0.25, -0.2) is 0 Å². The third-order valence-electron chi connectivity index (χ3n) is 15.0. The first-order chi connectivity index (χ1) is 35.2. The maximum Gasteiger partial charge on any atom is 0.306 e. The number of fused-ring (bicyclic) bond motifs is 2. The van der Waals surface area contributed by atoms with Crippen LogP contribution in [0.3, 0.4) is 0 Å². The van der Waals surface area contributed by atoms with E-state index >= 15 is 0 Å². The Morgan fingerprint density at radius 2 is 0.795 bits per heavy atom. The van der Waals surface area contributed by atoms with E-state index in [4.69, 9.17) is 61.6 Å². The Hall–Kier alpha value is -6.46. The molecule has 17 nitrogen and oxygen atoms in total. The summed E-state index contributed by atoms with van der Waals surface area (Å²) in [5.74, 6) is 6.47. The van der Waals surface area contributed by atoms with Gasteiger partial charge in [0.15, 0.2) is 46.0 Å². The average molecular weight is 1020 g/mol. The normalized spacial score (nSPS) is 18.8. The van der Waals surface area contributed by atoms with Crippen LogP contribution in [-0.2, 0) is 40.0 Å². The lowest BCUT2D eigenvalue weighted by atomic mass is 9.85. The van der Waals surface area contributed by atoms with Gasteiger partial charge in [0, 0.05) is 51.4 Å². The van der Waals surface area contributed by atoms with Crippen LogP contribution in [0.1, 0.15) is 77.6 Å². The lowest BCUT2D eigenvalue weighted by Crippen LogP contribution is -2.52. The number of esters is 1. The molecule has 2 aliphatic heterocycles. The molecular weight excluding hydrogens is 941 g/mol. The molecule has 0 bridgehead atoms. The number of nitrogens with zero attached hydrogens (tertiary/aromatic N) is 2. The van der Waals surface area contributed by atoms with Gasteiger partial charge in [-0.1, -0.05) is 0 Å². The summed E-state index contributed by atoms with van der Waals surface area (Å²) < 4.78 is 76.7. The molecule has 0 aromatic heterocycles. The lowest BCUT2D eigenvalue weighted by Gasteiger charge is -2.46. The number of ether oxygens (including phenoxy) is 13. The molecule has 4 aromatic carbocycles. The van der Waals surface area contributed by atoms with Gasteiger partial charge in [0.2, 0.25) is 23.0 Å². The summed E-state index contributed by atoms with van der Waals surface area (Å²) in [6.45, 7) is 3.25. The van der Waals surface area contributed by atoms with Crippen molar-refractivity contribution in [3.05, 3.63) is 69.8 Å². The van der Waals surface area contributed by atoms with Crippen molar-refractivity contribution in [3.8, 4) is 69.0 Å². The molecular formula is C56H78N2O15+2. The van der Waals surface area contributed by atoms with Crippen molar-refractivity contribution in [1.82, 2.24) is 0 Å². The van der Waals surface area contributed by atoms with E-state index in [0.717, 1.165) is 59.3 Å². The third-order valence-corrected chi connectivity index (χ3v) is 15.0. The SMILES string of the molecule is COc1cc(CC2c3c(cc(OC)c(OC)c3OC)CC[N+]2(C)CCCOC(=O)CCC(=O)CCC[N+]2(C)CCc3cc(OC)c(OC)c(OC)c3C2Cc2cc(OC)c(OC)c(OC)c2)cc(OC)c1OC. The summed E-state index contributed by atoms with van der Waals surface area (Å²) in [4.78, 5) is 26.7. The predicted molar refractivity (Wildman–Crippen MR) is 276 cm³/mol. The van der Waals surface area contributed by atoms with E-state index in [0.29, 0.717) is 123 Å². The minimum atomic E-state index is -0.388. The molecule has 0 radical (unpaired) electrons. The maximum atomic E-state index is 13.5. The number of ketones is 1. The van der Waals surface area contributed by atoms with E-state index in [-0.39, 0.29) is 43.3 Å². The molecule has 6 rings (SSSR count). The van der Waals surface area contributed by atoms with Crippen LogP contribution in [0.4, 0.5) is 0 Å². The molecule has 73 heavy (non-hydrogen) atoms. The summed E-state index contributed by atoms with van der Waals surface area (Å²) in [7, 11) is 23.8. The topological polar surface area (TPSA) is 154 Å². The van der Waals surface area contributed by atoms with Gasteiger partial charge in [-0.3, -0.25) is 9.59 Å². The first-order valence-corrected chi connectivity index (χ1v) is 24.8. The van der Waals surface area contributed by atoms with Crippen LogP contribution in [0.25, 0.3) is 0 Å². The summed E-state index contributed by atoms with van der Waals surface area (Å²) in [6, 6.07) is 11.8. The quantitative estimate of drug-likeness (QED) is 0.0321. The highest BCUT2D eigenvalue weighted by Gasteiger charge is 2.45. The van der Waals surface area contributed by atoms with Crippen LogP contribution < -0.4 is 56.8 Å². The van der Waals surface area contributed by atoms with Crippen molar-refractivity contribution >= 4 is 11.8 Å². The number of hydrogen-bond donors (Lipinski definition) is 0. The first kappa shape index (κ1) is 55.8. The number of Topliss-reactive ketones (excluding diaryl/α,β-unsaturated/α-hetero) is 1. The molecule has 0 N–H and O–H groups in total. The minimum absolute atomic E-state index is 0.0169. The van der Waals surface area contributed by atoms with Crippen molar-refractivity contribution in [2.75, 3.05) is 132 Å². The van der Waals surface area contributed by atoms with Crippen LogP contribution >= 0.6 is 0 Å². The van der Waals surface area contributed by atoms with Gasteiger partial charge in [0.25, 0.3) is 0 Å². The second kappa shape index (κ2) is 25.0. The Kier molecular flexibility index (Phi) is 19.1. The zero-order valence-electron chi connectivity index (χ0n) is 45.5. The largest absolute Gasteiger partial charge is 0.493 e. The fourth-order valence-corrected chi connectivity index (χ4v) is 11.1. The summed E-state index contributed by atoms with van der Waals surface area (Å²) in [6.07, 6.45) is 4.43. The molecule has 2 heterocycles. The number of benzene rings is 4. The van der Waals surface area contributed by atoms with E-state index in [1.54, 1.807) is 85.3 Å². The summed E-state index contributed by atoms with van der Waals surface area (Å²) >= 11 is 0. The van der Waals surface area contributed by atoms with E-state index in [2.05, 4.69) is 14.1 Å². The molecule has 17 heteroatoms. The van der Waals surface area contributed by atoms with Gasteiger partial charge in [-0.15, -0.1) is 0 Å². The molecule has 0 amide bonds. The zero-order valence-corrected chi connectivity index (χ0v) is 45.5. The molecule has 0 aliphatic carbocycles. The van der Waals surface area contributed by atoms with Crippen molar-refractivity contribution in [3.63, 3.8) is 0 Å². The number of hydrogen-bond acceptors (Lipinski definition) is 15. The van der Waals surface area contributed by atoms with E-state index in [9.17, 15) is 9.59 Å². The number of quaternary nitrogens is 2. The molecule has 4 aromatic rings. The Bertz CT molecular complexity index is 2520. The Morgan fingerprint density at radius 1 is 0.438 bits per heavy atom. The van der Waals surface area contributed by atoms with Crippen LogP contribution in [0.15, 0.2) is 36.4 Å². The number of likely N-dealkylation sites (N-methyl/N-ethyl adjacent to an activating group) is 2. The standard InChI is InChI=1S/C56H78N2O15/c1-57(24-20-37-33-46(65-7)53(69-11)55(71-13)49(37)40(57)27-35-29-42(61-3)51(67-9)43(30-35)62-4)22-15-17-39(59)18-19-48(60)73-26-16-23-58(2)25-21-38-34-47(66-8)54(70-12)56(72-14)50(38)41(58)28-36-31-44(63-5)52(68-10)45(32-36)64-6/h29-34,40-41H,15-28H2,1-14H3/q+2. The molecule has 0 saturated carbocycles. The van der Waals surface area contributed by atoms with Crippen molar-refractivity contribution < 1.29 is 80.1 Å². The van der Waals surface area contributed by atoms with Crippen molar-refractivity contribution in [2.45, 2.75) is 69.9 Å². The van der Waals surface area contributed by atoms with Crippen LogP contribution in [0.5, 0.6) is 69.0 Å². The maximum absolute atomic E-state index is 13.5. The molecule has 0 spiro atoms. The summed E-state index contributed by atoms with van der Waals surface area (Å²) in [5.41, 5.74) is 6.28. The van der Waals surface area contributed by atoms with E-state index in [1.807, 2.05) is 36.4 Å². The summed E-state index contributed by atoms with van der Waals surface area (Å²) in [5, 5.41) is 0. The average Bonchev–Trinajstić information content (AvgIpc) is 3.41. The number of carbonyl (C=O) groups is 2. The predicted octanol–water partition coefficient (Wildman–Crippen LogP) is 8.13. The highest BCUT2D eigenvalue weighted by molar-refractivity contribution is 5.82. The molecule has 4 atom stereocenters. The molecule has 400 valence electrons. The fraction of sp³-hybridized carbons (Fsp3) is 0.536. The highest BCUT2D eigenvalue weighted by atomic mass is 16.6. The van der Waals surface area contributed by atoms with E-state index in [1.165, 1.54) is 0 Å². The molecule has 0 fully saturated rings. The minimum Gasteiger partial charge on any atom is -0.493 e. The van der Waals surface area contributed by atoms with Crippen LogP contribution in [-0.4, -0.2) is 153 Å². The Morgan fingerprint density at radius 3 is 1.15 bits per heavy atom.